The van der Waals surface area contributed by atoms with Crippen molar-refractivity contribution in [3.05, 3.63) is 30.1 Å². The molecule has 1 fully saturated rings. The monoisotopic (exact) mass is 384 g/mol. The van der Waals surface area contributed by atoms with E-state index in [-0.39, 0.29) is 0 Å². The molecule has 0 N–H and O–H groups in total. The number of unbranched alkanes of at least 4 members (excludes halogenated alkanes) is 2. The second kappa shape index (κ2) is 10.6. The number of piperazine rings is 1. The molecule has 0 saturated carbocycles. The Labute approximate surface area is 169 Å². The van der Waals surface area contributed by atoms with Gasteiger partial charge in [-0.15, -0.1) is 0 Å². The molecule has 6 nitrogen and oxygen atoms in total. The smallest absolute Gasteiger partial charge is 0.164 e. The van der Waals surface area contributed by atoms with Crippen LogP contribution in [0.2, 0.25) is 0 Å². The van der Waals surface area contributed by atoms with Gasteiger partial charge in [-0.3, -0.25) is 4.90 Å². The van der Waals surface area contributed by atoms with Crippen molar-refractivity contribution in [2.24, 2.45) is 0 Å². The lowest BCUT2D eigenvalue weighted by Crippen LogP contribution is -2.49. The average molecular weight is 385 g/mol. The minimum atomic E-state index is 0.953. The Kier molecular flexibility index (Phi) is 7.86. The quantitative estimate of drug-likeness (QED) is 0.587. The summed E-state index contributed by atoms with van der Waals surface area (Å²) in [5, 5.41) is 4.63. The van der Waals surface area contributed by atoms with Crippen molar-refractivity contribution in [2.75, 3.05) is 57.3 Å². The van der Waals surface area contributed by atoms with Crippen LogP contribution in [-0.4, -0.2) is 76.8 Å². The highest BCUT2D eigenvalue weighted by atomic mass is 15.4. The Hall–Kier alpha value is -1.92. The van der Waals surface area contributed by atoms with Gasteiger partial charge >= 0.3 is 0 Å². The lowest BCUT2D eigenvalue weighted by Gasteiger charge is -2.36. The van der Waals surface area contributed by atoms with Gasteiger partial charge in [0.05, 0.1) is 6.20 Å². The predicted octanol–water partition coefficient (Wildman–Crippen LogP) is 3.40. The molecular formula is C22H36N6. The average Bonchev–Trinajstić information content (AvgIpc) is 3.16. The van der Waals surface area contributed by atoms with E-state index in [2.05, 4.69) is 63.8 Å². The van der Waals surface area contributed by atoms with Gasteiger partial charge in [0.25, 0.3) is 0 Å². The van der Waals surface area contributed by atoms with Crippen LogP contribution >= 0.6 is 0 Å². The van der Waals surface area contributed by atoms with Gasteiger partial charge in [0.15, 0.2) is 5.65 Å². The first-order valence-electron chi connectivity index (χ1n) is 11.0. The van der Waals surface area contributed by atoms with Crippen molar-refractivity contribution in [1.29, 1.82) is 0 Å². The van der Waals surface area contributed by atoms with E-state index in [0.29, 0.717) is 0 Å². The summed E-state index contributed by atoms with van der Waals surface area (Å²) in [4.78, 5) is 12.1. The van der Waals surface area contributed by atoms with Crippen LogP contribution in [0.25, 0.3) is 11.7 Å². The minimum absolute atomic E-state index is 0.953. The molecular weight excluding hydrogens is 348 g/mol. The lowest BCUT2D eigenvalue weighted by atomic mass is 10.2. The van der Waals surface area contributed by atoms with Crippen LogP contribution in [0.3, 0.4) is 0 Å². The Morgan fingerprint density at radius 3 is 2.61 bits per heavy atom. The van der Waals surface area contributed by atoms with E-state index in [4.69, 9.17) is 0 Å². The number of likely N-dealkylation sites (N-methyl/N-ethyl adjacent to an activating group) is 1. The molecule has 0 atom stereocenters. The van der Waals surface area contributed by atoms with Gasteiger partial charge in [-0.05, 0) is 25.6 Å². The number of nitrogens with zero attached hydrogens (tertiary/aromatic N) is 6. The fraction of sp³-hybridized carbons (Fsp3) is 0.636. The summed E-state index contributed by atoms with van der Waals surface area (Å²) in [6, 6.07) is 2.09. The van der Waals surface area contributed by atoms with E-state index >= 15 is 0 Å². The first-order chi connectivity index (χ1) is 13.8. The molecule has 0 radical (unpaired) electrons. The molecule has 2 aromatic heterocycles. The summed E-state index contributed by atoms with van der Waals surface area (Å²) in [5.74, 6) is 1.15. The predicted molar refractivity (Wildman–Crippen MR) is 118 cm³/mol. The highest BCUT2D eigenvalue weighted by Gasteiger charge is 2.20. The van der Waals surface area contributed by atoms with Crippen LogP contribution < -0.4 is 4.90 Å². The van der Waals surface area contributed by atoms with Crippen molar-refractivity contribution >= 4 is 17.5 Å². The highest BCUT2D eigenvalue weighted by molar-refractivity contribution is 5.66. The molecule has 0 spiro atoms. The van der Waals surface area contributed by atoms with Gasteiger partial charge in [0, 0.05) is 51.0 Å². The summed E-state index contributed by atoms with van der Waals surface area (Å²) in [6.07, 6.45) is 11.8. The normalized spacial score (nSPS) is 16.1. The highest BCUT2D eigenvalue weighted by Crippen LogP contribution is 2.20. The van der Waals surface area contributed by atoms with Crippen molar-refractivity contribution in [3.8, 4) is 0 Å². The molecule has 0 unspecified atom stereocenters. The summed E-state index contributed by atoms with van der Waals surface area (Å²) in [5.41, 5.74) is 2.06. The maximum absolute atomic E-state index is 4.63. The third kappa shape index (κ3) is 5.11. The van der Waals surface area contributed by atoms with Crippen LogP contribution in [0.15, 0.2) is 24.5 Å². The molecule has 0 amide bonds. The van der Waals surface area contributed by atoms with Gasteiger partial charge in [-0.1, -0.05) is 45.8 Å². The SMILES string of the molecule is CCCC/C=C/c1cnn2c(N3CCN(CCN(CC)CC)CC3)ccnc12. The molecule has 0 aliphatic carbocycles. The van der Waals surface area contributed by atoms with Crippen LogP contribution in [0.5, 0.6) is 0 Å². The molecule has 0 aromatic carbocycles. The summed E-state index contributed by atoms with van der Waals surface area (Å²) in [6.45, 7) is 15.6. The van der Waals surface area contributed by atoms with Gasteiger partial charge in [0.1, 0.15) is 5.82 Å². The maximum Gasteiger partial charge on any atom is 0.164 e. The standard InChI is InChI=1S/C22H36N6/c1-4-7-8-9-10-20-19-24-28-21(11-12-23-22(20)28)27-17-15-26(16-18-27)14-13-25(5-2)6-3/h9-12,19H,4-8,13-18H2,1-3H3/b10-9+. The van der Waals surface area contributed by atoms with Crippen molar-refractivity contribution in [1.82, 2.24) is 24.4 Å². The number of hydrogen-bond acceptors (Lipinski definition) is 5. The molecule has 3 rings (SSSR count). The molecule has 1 aliphatic heterocycles. The first-order valence-corrected chi connectivity index (χ1v) is 11.0. The zero-order chi connectivity index (χ0) is 19.8. The van der Waals surface area contributed by atoms with Gasteiger partial charge in [-0.25, -0.2) is 4.98 Å². The van der Waals surface area contributed by atoms with Gasteiger partial charge in [-0.2, -0.15) is 9.61 Å². The van der Waals surface area contributed by atoms with E-state index < -0.39 is 0 Å². The largest absolute Gasteiger partial charge is 0.354 e. The van der Waals surface area contributed by atoms with Gasteiger partial charge < -0.3 is 9.80 Å². The molecule has 2 aromatic rings. The zero-order valence-corrected chi connectivity index (χ0v) is 17.8. The maximum atomic E-state index is 4.63. The van der Waals surface area contributed by atoms with Crippen LogP contribution in [0, 0.1) is 0 Å². The third-order valence-corrected chi connectivity index (χ3v) is 5.75. The van der Waals surface area contributed by atoms with Crippen molar-refractivity contribution in [2.45, 2.75) is 40.0 Å². The fourth-order valence-electron chi connectivity index (χ4n) is 3.81. The molecule has 6 heteroatoms. The Morgan fingerprint density at radius 1 is 1.11 bits per heavy atom. The molecule has 0 bridgehead atoms. The van der Waals surface area contributed by atoms with Gasteiger partial charge in [0.2, 0.25) is 0 Å². The van der Waals surface area contributed by atoms with E-state index in [1.165, 1.54) is 19.4 Å². The van der Waals surface area contributed by atoms with Crippen LogP contribution in [-0.2, 0) is 0 Å². The fourth-order valence-corrected chi connectivity index (χ4v) is 3.81. The summed E-state index contributed by atoms with van der Waals surface area (Å²) in [7, 11) is 0. The van der Waals surface area contributed by atoms with E-state index in [9.17, 15) is 0 Å². The number of hydrogen-bond donors (Lipinski definition) is 0. The summed E-state index contributed by atoms with van der Waals surface area (Å²) >= 11 is 0. The van der Waals surface area contributed by atoms with Crippen molar-refractivity contribution in [3.63, 3.8) is 0 Å². The second-order valence-electron chi connectivity index (χ2n) is 7.54. The minimum Gasteiger partial charge on any atom is -0.354 e. The number of rotatable bonds is 10. The van der Waals surface area contributed by atoms with E-state index in [0.717, 1.165) is 69.3 Å². The molecule has 3 heterocycles. The van der Waals surface area contributed by atoms with Crippen LogP contribution in [0.1, 0.15) is 45.6 Å². The number of aromatic nitrogens is 3. The Balaban J connectivity index is 1.62. The number of fused-ring (bicyclic) bond motifs is 1. The second-order valence-corrected chi connectivity index (χ2v) is 7.54. The molecule has 28 heavy (non-hydrogen) atoms. The Morgan fingerprint density at radius 2 is 1.89 bits per heavy atom. The first kappa shape index (κ1) is 20.8. The zero-order valence-electron chi connectivity index (χ0n) is 17.8. The topological polar surface area (TPSA) is 39.9 Å². The molecule has 1 saturated heterocycles. The van der Waals surface area contributed by atoms with E-state index in [1.807, 2.05) is 16.9 Å². The molecule has 1 aliphatic rings. The van der Waals surface area contributed by atoms with Crippen molar-refractivity contribution < 1.29 is 0 Å². The number of anilines is 1. The van der Waals surface area contributed by atoms with E-state index in [1.54, 1.807) is 0 Å². The van der Waals surface area contributed by atoms with Crippen LogP contribution in [0.4, 0.5) is 5.82 Å². The third-order valence-electron chi connectivity index (χ3n) is 5.75. The summed E-state index contributed by atoms with van der Waals surface area (Å²) < 4.78 is 2.01. The number of allylic oxidation sites excluding steroid dienone is 1. The lowest BCUT2D eigenvalue weighted by molar-refractivity contribution is 0.205. The molecule has 154 valence electrons. The Bertz CT molecular complexity index is 741.